The summed E-state index contributed by atoms with van der Waals surface area (Å²) in [5, 5.41) is 17.0. The van der Waals surface area contributed by atoms with Gasteiger partial charge in [-0.2, -0.15) is 9.98 Å². The molecular formula is C29H33FN8O6. The fourth-order valence-corrected chi connectivity index (χ4v) is 4.13. The minimum atomic E-state index is -0.770. The number of nitrogens with zero attached hydrogens (tertiary/aromatic N) is 6. The summed E-state index contributed by atoms with van der Waals surface area (Å²) in [7, 11) is 2.84. The number of aliphatic hydroxyl groups is 1. The summed E-state index contributed by atoms with van der Waals surface area (Å²) in [6, 6.07) is 10.1. The van der Waals surface area contributed by atoms with Crippen molar-refractivity contribution in [3.8, 4) is 23.5 Å². The molecule has 15 heteroatoms. The molecule has 0 spiro atoms. The first-order valence-corrected chi connectivity index (χ1v) is 13.6. The minimum Gasteiger partial charge on any atom is -0.494 e. The number of aliphatic hydroxyl groups excluding tert-OH is 1. The Morgan fingerprint density at radius 1 is 1.14 bits per heavy atom. The maximum Gasteiger partial charge on any atom is 0.433 e. The third kappa shape index (κ3) is 7.43. The Morgan fingerprint density at radius 3 is 2.59 bits per heavy atom. The molecule has 0 fully saturated rings. The molecule has 0 atom stereocenters. The monoisotopic (exact) mass is 608 g/mol. The maximum atomic E-state index is 16.2. The fourth-order valence-electron chi connectivity index (χ4n) is 4.13. The van der Waals surface area contributed by atoms with Crippen LogP contribution in [0.1, 0.15) is 30.3 Å². The van der Waals surface area contributed by atoms with E-state index in [1.807, 2.05) is 6.92 Å². The number of nitrogens with one attached hydrogen (secondary N) is 1. The van der Waals surface area contributed by atoms with Crippen LogP contribution >= 0.6 is 0 Å². The number of hydrogen-bond donors (Lipinski definition) is 3. The summed E-state index contributed by atoms with van der Waals surface area (Å²) in [6.45, 7) is 1.44. The Morgan fingerprint density at radius 2 is 1.91 bits per heavy atom. The number of carbonyl (C=O) groups is 1. The lowest BCUT2D eigenvalue weighted by Gasteiger charge is -2.20. The highest BCUT2D eigenvalue weighted by molar-refractivity contribution is 6.10. The van der Waals surface area contributed by atoms with E-state index < -0.39 is 11.9 Å². The highest BCUT2D eigenvalue weighted by atomic mass is 19.1. The number of para-hydroxylation sites is 1. The van der Waals surface area contributed by atoms with Gasteiger partial charge in [-0.1, -0.05) is 25.1 Å². The molecule has 4 rings (SSSR count). The van der Waals surface area contributed by atoms with Gasteiger partial charge in [0.2, 0.25) is 0 Å². The molecule has 0 aliphatic heterocycles. The molecule has 232 valence electrons. The second-order valence-electron chi connectivity index (χ2n) is 9.03. The number of aromatic nitrogens is 5. The molecular weight excluding hydrogens is 575 g/mol. The van der Waals surface area contributed by atoms with Crippen molar-refractivity contribution in [3.63, 3.8) is 0 Å². The molecule has 14 nitrogen and oxygen atoms in total. The average Bonchev–Trinajstić information content (AvgIpc) is 3.47. The van der Waals surface area contributed by atoms with Gasteiger partial charge in [-0.25, -0.2) is 19.2 Å². The van der Waals surface area contributed by atoms with Crippen LogP contribution in [0.15, 0.2) is 53.8 Å². The zero-order valence-corrected chi connectivity index (χ0v) is 24.5. The Hall–Kier alpha value is -5.15. The van der Waals surface area contributed by atoms with Crippen LogP contribution in [-0.2, 0) is 11.2 Å². The van der Waals surface area contributed by atoms with Gasteiger partial charge < -0.3 is 35.1 Å². The number of aliphatic imine (C=N–C) groups is 1. The maximum absolute atomic E-state index is 16.2. The topological polar surface area (TPSA) is 181 Å². The van der Waals surface area contributed by atoms with Gasteiger partial charge in [0.05, 0.1) is 33.1 Å². The van der Waals surface area contributed by atoms with E-state index in [1.165, 1.54) is 25.0 Å². The van der Waals surface area contributed by atoms with E-state index in [0.717, 1.165) is 0 Å². The van der Waals surface area contributed by atoms with Crippen molar-refractivity contribution < 1.29 is 33.2 Å². The predicted molar refractivity (Wildman–Crippen MR) is 159 cm³/mol. The largest absolute Gasteiger partial charge is 0.494 e. The van der Waals surface area contributed by atoms with E-state index in [9.17, 15) is 9.90 Å². The number of hydrogen-bond acceptors (Lipinski definition) is 12. The molecule has 0 saturated heterocycles. The van der Waals surface area contributed by atoms with Crippen LogP contribution in [0, 0.1) is 5.82 Å². The summed E-state index contributed by atoms with van der Waals surface area (Å²) in [6.07, 6.45) is 2.89. The summed E-state index contributed by atoms with van der Waals surface area (Å²) < 4.78 is 39.2. The summed E-state index contributed by atoms with van der Waals surface area (Å²) in [5.74, 6) is -0.287. The second kappa shape index (κ2) is 15.4. The number of rotatable bonds is 14. The summed E-state index contributed by atoms with van der Waals surface area (Å²) in [5.41, 5.74) is 7.38. The highest BCUT2D eigenvalue weighted by Crippen LogP contribution is 2.42. The van der Waals surface area contributed by atoms with Crippen molar-refractivity contribution in [1.29, 1.82) is 0 Å². The molecule has 44 heavy (non-hydrogen) atoms. The number of benzene rings is 2. The van der Waals surface area contributed by atoms with E-state index in [1.54, 1.807) is 42.7 Å². The summed E-state index contributed by atoms with van der Waals surface area (Å²) >= 11 is 0. The van der Waals surface area contributed by atoms with Crippen LogP contribution in [0.2, 0.25) is 0 Å². The zero-order valence-electron chi connectivity index (χ0n) is 24.5. The Kier molecular flexibility index (Phi) is 11.1. The summed E-state index contributed by atoms with van der Waals surface area (Å²) in [4.78, 5) is 28.9. The van der Waals surface area contributed by atoms with Gasteiger partial charge >= 0.3 is 12.1 Å². The van der Waals surface area contributed by atoms with Crippen molar-refractivity contribution >= 4 is 23.2 Å². The first kappa shape index (κ1) is 31.8. The van der Waals surface area contributed by atoms with Gasteiger partial charge in [-0.15, -0.1) is 9.78 Å². The Balaban J connectivity index is 1.74. The van der Waals surface area contributed by atoms with E-state index in [0.29, 0.717) is 17.7 Å². The lowest BCUT2D eigenvalue weighted by molar-refractivity contribution is 0.157. The van der Waals surface area contributed by atoms with Crippen LogP contribution < -0.4 is 25.3 Å². The molecule has 0 unspecified atom stereocenters. The highest BCUT2D eigenvalue weighted by Gasteiger charge is 2.24. The van der Waals surface area contributed by atoms with Crippen molar-refractivity contribution in [2.45, 2.75) is 19.8 Å². The molecule has 0 radical (unpaired) electrons. The van der Waals surface area contributed by atoms with Crippen LogP contribution in [0.25, 0.3) is 5.95 Å². The van der Waals surface area contributed by atoms with Crippen molar-refractivity contribution in [2.75, 3.05) is 45.9 Å². The lowest BCUT2D eigenvalue weighted by atomic mass is 10.1. The van der Waals surface area contributed by atoms with Gasteiger partial charge in [0.25, 0.3) is 5.95 Å². The first-order valence-electron chi connectivity index (χ1n) is 13.6. The number of methoxy groups -OCH3 is 2. The molecule has 0 bridgehead atoms. The molecule has 1 amide bonds. The van der Waals surface area contributed by atoms with Gasteiger partial charge in [-0.05, 0) is 24.6 Å². The van der Waals surface area contributed by atoms with Crippen molar-refractivity contribution in [3.05, 3.63) is 71.6 Å². The quantitative estimate of drug-likeness (QED) is 0.178. The fraction of sp³-hybridized carbons (Fsp3) is 0.310. The number of nitrogens with two attached hydrogens (primary N) is 1. The predicted octanol–water partition coefficient (Wildman–Crippen LogP) is 3.21. The molecule has 2 aromatic carbocycles. The minimum absolute atomic E-state index is 0.0741. The molecule has 2 aromatic heterocycles. The van der Waals surface area contributed by atoms with Gasteiger partial charge in [-0.3, -0.25) is 0 Å². The van der Waals surface area contributed by atoms with Crippen LogP contribution in [-0.4, -0.2) is 82.2 Å². The first-order chi connectivity index (χ1) is 21.4. The zero-order chi connectivity index (χ0) is 31.5. The number of ether oxygens (including phenoxy) is 4. The van der Waals surface area contributed by atoms with Crippen molar-refractivity contribution in [1.82, 2.24) is 24.7 Å². The van der Waals surface area contributed by atoms with Gasteiger partial charge in [0, 0.05) is 42.2 Å². The molecule has 0 saturated carbocycles. The molecule has 4 N–H and O–H groups in total. The van der Waals surface area contributed by atoms with Crippen LogP contribution in [0.3, 0.4) is 0 Å². The molecule has 2 heterocycles. The SMILES string of the molecule is CCCOC(=O)N=C(CN)c1ccccc1Nc1c(OC)cc(Cc2nc(OC)n(-c3ncccn3)n2)c(F)c1OCCO. The van der Waals surface area contributed by atoms with Crippen LogP contribution in [0.5, 0.6) is 17.5 Å². The lowest BCUT2D eigenvalue weighted by Crippen LogP contribution is -2.19. The second-order valence-corrected chi connectivity index (χ2v) is 9.03. The Labute approximate surface area is 252 Å². The van der Waals surface area contributed by atoms with E-state index in [-0.39, 0.29) is 79.0 Å². The third-order valence-corrected chi connectivity index (χ3v) is 6.06. The standard InChI is InChI=1S/C29H33FN8O6/c1-4-13-44-29(40)35-21(17-31)19-8-5-6-9-20(19)34-25-22(41-2)15-18(24(30)26(25)43-14-12-39)16-23-36-28(42-3)38(37-23)27-32-10-7-11-33-27/h5-11,15,34,39H,4,12-14,16-17,31H2,1-3H3. The average molecular weight is 609 g/mol. The molecule has 0 aliphatic rings. The van der Waals surface area contributed by atoms with E-state index >= 15 is 4.39 Å². The Bertz CT molecular complexity index is 1600. The van der Waals surface area contributed by atoms with Gasteiger partial charge in [0.1, 0.15) is 18.0 Å². The van der Waals surface area contributed by atoms with E-state index in [4.69, 9.17) is 24.7 Å². The smallest absolute Gasteiger partial charge is 0.433 e. The number of halogens is 1. The van der Waals surface area contributed by atoms with Crippen molar-refractivity contribution in [2.24, 2.45) is 10.7 Å². The number of amides is 1. The number of carbonyl (C=O) groups excluding carboxylic acids is 1. The number of anilines is 2. The normalized spacial score (nSPS) is 11.3. The third-order valence-electron chi connectivity index (χ3n) is 6.06. The molecule has 4 aromatic rings. The van der Waals surface area contributed by atoms with Crippen LogP contribution in [0.4, 0.5) is 20.6 Å². The van der Waals surface area contributed by atoms with Gasteiger partial charge in [0.15, 0.2) is 17.4 Å². The van der Waals surface area contributed by atoms with E-state index in [2.05, 4.69) is 30.4 Å². The molecule has 0 aliphatic carbocycles.